The molecule has 2 amide bonds. The lowest BCUT2D eigenvalue weighted by molar-refractivity contribution is -0.161. The van der Waals surface area contributed by atoms with Crippen molar-refractivity contribution in [1.82, 2.24) is 15.2 Å². The van der Waals surface area contributed by atoms with Gasteiger partial charge in [0, 0.05) is 35.6 Å². The summed E-state index contributed by atoms with van der Waals surface area (Å²) < 4.78 is 38.0. The molecule has 0 radical (unpaired) electrons. The van der Waals surface area contributed by atoms with Crippen molar-refractivity contribution in [3.05, 3.63) is 85.5 Å². The van der Waals surface area contributed by atoms with Gasteiger partial charge in [0.05, 0.1) is 35.5 Å². The number of nitrogens with one attached hydrogen (secondary N) is 1. The number of ketones is 1. The van der Waals surface area contributed by atoms with Crippen LogP contribution in [-0.4, -0.2) is 82.7 Å². The van der Waals surface area contributed by atoms with E-state index in [1.165, 1.54) is 4.90 Å². The normalized spacial score (nSPS) is 22.8. The van der Waals surface area contributed by atoms with E-state index in [1.807, 2.05) is 93.6 Å². The molecule has 0 bridgehead atoms. The van der Waals surface area contributed by atoms with E-state index in [1.54, 1.807) is 26.8 Å². The number of Topliss-reactive ketones (excluding diaryl/α,β-unsaturated/α-hetero) is 1. The number of ether oxygens (including phenoxy) is 2. The average molecular weight is 784 g/mol. The van der Waals surface area contributed by atoms with Gasteiger partial charge in [0.1, 0.15) is 34.8 Å². The number of carbonyl (C=O) groups is 4. The van der Waals surface area contributed by atoms with Crippen LogP contribution in [0.5, 0.6) is 5.75 Å². The second kappa shape index (κ2) is 15.6. The zero-order valence-corrected chi connectivity index (χ0v) is 33.9. The molecular weight excluding hydrogens is 731 g/mol. The number of likely N-dealkylation sites (tertiary alicyclic amines) is 1. The number of nitrogens with zero attached hydrogens (tertiary/aromatic N) is 2. The van der Waals surface area contributed by atoms with E-state index in [9.17, 15) is 27.6 Å². The van der Waals surface area contributed by atoms with Crippen LogP contribution in [0.2, 0.25) is 0 Å². The summed E-state index contributed by atoms with van der Waals surface area (Å²) in [6, 6.07) is 21.9. The number of carbonyl (C=O) groups excluding carboxylic acids is 4. The van der Waals surface area contributed by atoms with Crippen LogP contribution in [0.25, 0.3) is 22.5 Å². The minimum absolute atomic E-state index is 0.0172. The molecule has 1 N–H and O–H groups in total. The Morgan fingerprint density at radius 3 is 2.00 bits per heavy atom. The topological polar surface area (TPSA) is 149 Å². The largest absolute Gasteiger partial charge is 0.488 e. The van der Waals surface area contributed by atoms with E-state index in [4.69, 9.17) is 14.5 Å². The maximum Gasteiger partial charge on any atom is 0.307 e. The van der Waals surface area contributed by atoms with Crippen LogP contribution in [0.1, 0.15) is 73.6 Å². The SMILES string of the molecule is C=C[C@@H]1C[C@]1(NC(=O)[C@@H]1C[C@@H](Oc2cc(-c3ccccc3)nc(-c3ccccc3)c2)CN1C(=O)[C@@H](CC(=O)OC(C)(C)C)C(C)(C)C)C(=O)CS(=O)(=O)C1CC1. The highest BCUT2D eigenvalue weighted by Crippen LogP contribution is 2.46. The molecular formula is C44H53N3O8S. The van der Waals surface area contributed by atoms with Gasteiger partial charge in [0.15, 0.2) is 15.6 Å². The summed E-state index contributed by atoms with van der Waals surface area (Å²) in [6.45, 7) is 14.7. The van der Waals surface area contributed by atoms with Gasteiger partial charge in [-0.3, -0.25) is 19.2 Å². The summed E-state index contributed by atoms with van der Waals surface area (Å²) in [5.74, 6) is -3.63. The van der Waals surface area contributed by atoms with Crippen LogP contribution >= 0.6 is 0 Å². The van der Waals surface area contributed by atoms with Crippen molar-refractivity contribution in [3.63, 3.8) is 0 Å². The fourth-order valence-electron chi connectivity index (χ4n) is 7.43. The lowest BCUT2D eigenvalue weighted by Gasteiger charge is -2.35. The minimum atomic E-state index is -3.65. The summed E-state index contributed by atoms with van der Waals surface area (Å²) in [5, 5.41) is 2.37. The van der Waals surface area contributed by atoms with E-state index in [0.29, 0.717) is 30.0 Å². The van der Waals surface area contributed by atoms with Gasteiger partial charge in [-0.25, -0.2) is 13.4 Å². The Morgan fingerprint density at radius 1 is 0.946 bits per heavy atom. The third-order valence-corrected chi connectivity index (χ3v) is 12.9. The standard InChI is InChI=1S/C44H53N3O8S/c1-8-30-25-44(30,38(48)27-56(52,53)33-19-20-33)46-40(50)37-23-32(26-47(37)41(51)34(42(2,3)4)24-39(49)55-43(5,6)7)54-31-21-35(28-15-11-9-12-16-28)45-36(22-31)29-17-13-10-14-18-29/h8-18,21-22,30,32-34,37H,1,19-20,23-27H2,2-7H3,(H,46,50)/t30-,32-,34-,37+,44-/m1/s1. The first-order valence-electron chi connectivity index (χ1n) is 19.3. The van der Waals surface area contributed by atoms with E-state index in [2.05, 4.69) is 11.9 Å². The molecule has 56 heavy (non-hydrogen) atoms. The van der Waals surface area contributed by atoms with Crippen molar-refractivity contribution in [2.45, 2.75) is 102 Å². The highest BCUT2D eigenvalue weighted by molar-refractivity contribution is 7.93. The second-order valence-electron chi connectivity index (χ2n) is 17.4. The Labute approximate surface area is 330 Å². The number of aromatic nitrogens is 1. The molecule has 298 valence electrons. The van der Waals surface area contributed by atoms with Gasteiger partial charge in [0.2, 0.25) is 11.8 Å². The molecule has 6 rings (SSSR count). The van der Waals surface area contributed by atoms with Crippen molar-refractivity contribution in [2.24, 2.45) is 17.3 Å². The van der Waals surface area contributed by atoms with E-state index >= 15 is 0 Å². The molecule has 2 saturated carbocycles. The summed E-state index contributed by atoms with van der Waals surface area (Å²) in [6.07, 6.45) is 2.02. The zero-order chi connectivity index (χ0) is 40.6. The zero-order valence-electron chi connectivity index (χ0n) is 33.1. The number of pyridine rings is 1. The van der Waals surface area contributed by atoms with Gasteiger partial charge in [-0.1, -0.05) is 87.5 Å². The molecule has 1 aromatic heterocycles. The van der Waals surface area contributed by atoms with Crippen LogP contribution in [-0.2, 0) is 33.8 Å². The Bertz CT molecular complexity index is 2030. The first kappa shape index (κ1) is 40.8. The first-order chi connectivity index (χ1) is 26.3. The molecule has 0 unspecified atom stereocenters. The van der Waals surface area contributed by atoms with Crippen LogP contribution in [0, 0.1) is 17.3 Å². The predicted octanol–water partition coefficient (Wildman–Crippen LogP) is 6.37. The smallest absolute Gasteiger partial charge is 0.307 e. The third kappa shape index (κ3) is 9.40. The van der Waals surface area contributed by atoms with Crippen molar-refractivity contribution in [1.29, 1.82) is 0 Å². The van der Waals surface area contributed by atoms with Crippen LogP contribution in [0.15, 0.2) is 85.5 Å². The predicted molar refractivity (Wildman–Crippen MR) is 214 cm³/mol. The Kier molecular flexibility index (Phi) is 11.4. The Hall–Kier alpha value is -4.84. The monoisotopic (exact) mass is 783 g/mol. The molecule has 3 fully saturated rings. The van der Waals surface area contributed by atoms with Crippen LogP contribution in [0.3, 0.4) is 0 Å². The molecule has 3 aromatic rings. The van der Waals surface area contributed by atoms with Gasteiger partial charge in [-0.2, -0.15) is 0 Å². The van der Waals surface area contributed by atoms with Gasteiger partial charge >= 0.3 is 5.97 Å². The highest BCUT2D eigenvalue weighted by atomic mass is 32.2. The number of rotatable bonds is 14. The van der Waals surface area contributed by atoms with Crippen molar-refractivity contribution in [3.8, 4) is 28.3 Å². The summed E-state index contributed by atoms with van der Waals surface area (Å²) in [7, 11) is -3.65. The molecule has 2 heterocycles. The number of sulfone groups is 1. The molecule has 11 nitrogen and oxygen atoms in total. The fraction of sp³-hybridized carbons (Fsp3) is 0.477. The van der Waals surface area contributed by atoms with Crippen molar-refractivity contribution in [2.75, 3.05) is 12.3 Å². The lowest BCUT2D eigenvalue weighted by Crippen LogP contribution is -2.55. The maximum atomic E-state index is 14.7. The number of amides is 2. The summed E-state index contributed by atoms with van der Waals surface area (Å²) in [4.78, 5) is 62.4. The van der Waals surface area contributed by atoms with Crippen LogP contribution < -0.4 is 10.1 Å². The van der Waals surface area contributed by atoms with Crippen molar-refractivity contribution >= 4 is 33.4 Å². The van der Waals surface area contributed by atoms with E-state index in [-0.39, 0.29) is 25.8 Å². The van der Waals surface area contributed by atoms with Crippen LogP contribution in [0.4, 0.5) is 0 Å². The highest BCUT2D eigenvalue weighted by Gasteiger charge is 2.61. The summed E-state index contributed by atoms with van der Waals surface area (Å²) in [5.41, 5.74) is 0.216. The summed E-state index contributed by atoms with van der Waals surface area (Å²) >= 11 is 0. The van der Waals surface area contributed by atoms with Gasteiger partial charge in [-0.15, -0.1) is 6.58 Å². The number of hydrogen-bond donors (Lipinski definition) is 1. The van der Waals surface area contributed by atoms with E-state index in [0.717, 1.165) is 11.1 Å². The fourth-order valence-corrected chi connectivity index (χ4v) is 9.15. The molecule has 3 aliphatic rings. The minimum Gasteiger partial charge on any atom is -0.488 e. The molecule has 12 heteroatoms. The third-order valence-electron chi connectivity index (χ3n) is 10.7. The molecule has 1 aliphatic heterocycles. The molecule has 2 aromatic carbocycles. The second-order valence-corrected chi connectivity index (χ2v) is 19.7. The quantitative estimate of drug-likeness (QED) is 0.146. The number of hydrogen-bond acceptors (Lipinski definition) is 9. The molecule has 0 spiro atoms. The number of esters is 1. The van der Waals surface area contributed by atoms with Crippen molar-refractivity contribution < 1.29 is 37.1 Å². The van der Waals surface area contributed by atoms with E-state index < -0.39 is 84.9 Å². The Morgan fingerprint density at radius 2 is 1.52 bits per heavy atom. The van der Waals surface area contributed by atoms with Gasteiger partial charge < -0.3 is 19.7 Å². The lowest BCUT2D eigenvalue weighted by atomic mass is 9.77. The van der Waals surface area contributed by atoms with Gasteiger partial charge in [0.25, 0.3) is 0 Å². The maximum absolute atomic E-state index is 14.7. The average Bonchev–Trinajstić information content (AvgIpc) is 4.06. The Balaban J connectivity index is 1.32. The first-order valence-corrected chi connectivity index (χ1v) is 21.0. The molecule has 2 aliphatic carbocycles. The number of benzene rings is 2. The molecule has 5 atom stereocenters. The molecule has 1 saturated heterocycles. The van der Waals surface area contributed by atoms with Gasteiger partial charge in [-0.05, 0) is 45.4 Å².